The molecule has 0 radical (unpaired) electrons. The molecule has 10 unspecified atom stereocenters. The van der Waals surface area contributed by atoms with Crippen LogP contribution in [0.3, 0.4) is 0 Å². The normalized spacial score (nSPS) is 37.1. The van der Waals surface area contributed by atoms with Crippen LogP contribution >= 0.6 is 15.6 Å². The fraction of sp³-hybridized carbons (Fsp3) is 0.524. The number of aromatic amines is 1. The summed E-state index contributed by atoms with van der Waals surface area (Å²) in [7, 11) is -8.83. The van der Waals surface area contributed by atoms with E-state index in [0.717, 1.165) is 12.7 Å². The molecule has 2 bridgehead atoms. The molecule has 248 valence electrons. The van der Waals surface area contributed by atoms with Gasteiger partial charge in [0.15, 0.2) is 35.1 Å². The lowest BCUT2D eigenvalue weighted by Gasteiger charge is -2.26. The molecule has 0 amide bonds. The Kier molecular flexibility index (Phi) is 7.70. The standard InChI is InChI=1S/C21H26N10O13P2/c1-38-13-8-3-40-45(34,35)43-12-7(41-19(11(12)32)30-5-26-9-15(22)24-4-25-16(9)30)2-39-46(36,37)44-14(13)20(42-8)31-6-27-10-17(31)28-21(23)29-18(10)33/h4-8,11-14,19-20,32H,2-3H2,1H3,(H,34,35)(H,36,37)(H2,22,24,25)(H3,23,28,29,33). The largest absolute Gasteiger partial charge is 0.472 e. The van der Waals surface area contributed by atoms with E-state index in [-0.39, 0.29) is 34.1 Å². The van der Waals surface area contributed by atoms with E-state index >= 15 is 0 Å². The van der Waals surface area contributed by atoms with Gasteiger partial charge in [0, 0.05) is 7.11 Å². The van der Waals surface area contributed by atoms with Crippen molar-refractivity contribution in [2.75, 3.05) is 31.8 Å². The summed E-state index contributed by atoms with van der Waals surface area (Å²) in [6, 6.07) is 0. The smallest absolute Gasteiger partial charge is 0.386 e. The fourth-order valence-corrected chi connectivity index (χ4v) is 7.46. The van der Waals surface area contributed by atoms with Gasteiger partial charge >= 0.3 is 15.6 Å². The molecule has 0 aliphatic carbocycles. The first-order valence-electron chi connectivity index (χ1n) is 13.3. The van der Waals surface area contributed by atoms with Crippen LogP contribution in [0.2, 0.25) is 0 Å². The second-order valence-electron chi connectivity index (χ2n) is 10.3. The maximum Gasteiger partial charge on any atom is 0.472 e. The number of ether oxygens (including phenoxy) is 3. The van der Waals surface area contributed by atoms with Crippen molar-refractivity contribution < 1.29 is 56.3 Å². The monoisotopic (exact) mass is 688 g/mol. The van der Waals surface area contributed by atoms with Gasteiger partial charge in [-0.15, -0.1) is 0 Å². The number of imidazole rings is 2. The van der Waals surface area contributed by atoms with Gasteiger partial charge < -0.3 is 40.6 Å². The van der Waals surface area contributed by atoms with Crippen molar-refractivity contribution in [3.63, 3.8) is 0 Å². The van der Waals surface area contributed by atoms with Crippen LogP contribution in [0.5, 0.6) is 0 Å². The zero-order valence-electron chi connectivity index (χ0n) is 23.4. The number of nitrogens with one attached hydrogen (secondary N) is 1. The number of hydrogen-bond acceptors (Lipinski definition) is 18. The van der Waals surface area contributed by atoms with Crippen LogP contribution in [-0.2, 0) is 41.4 Å². The number of aliphatic hydroxyl groups excluding tert-OH is 1. The average Bonchev–Trinajstić information content (AvgIpc) is 3.75. The van der Waals surface area contributed by atoms with E-state index in [1.54, 1.807) is 0 Å². The van der Waals surface area contributed by atoms with Gasteiger partial charge in [0.1, 0.15) is 48.5 Å². The lowest BCUT2D eigenvalue weighted by atomic mass is 10.1. The molecule has 0 aromatic carbocycles. The number of rotatable bonds is 3. The molecule has 0 spiro atoms. The number of H-pyrrole nitrogens is 1. The number of phosphoric acid groups is 2. The number of nitrogen functional groups attached to an aromatic ring is 2. The van der Waals surface area contributed by atoms with Gasteiger partial charge in [-0.25, -0.2) is 29.1 Å². The van der Waals surface area contributed by atoms with E-state index in [1.807, 2.05) is 0 Å². The Morgan fingerprint density at radius 1 is 0.913 bits per heavy atom. The van der Waals surface area contributed by atoms with Crippen molar-refractivity contribution in [1.82, 2.24) is 39.0 Å². The number of aliphatic hydroxyl groups is 1. The molecule has 7 rings (SSSR count). The van der Waals surface area contributed by atoms with Crippen LogP contribution in [0.15, 0.2) is 23.8 Å². The topological polar surface area (TPSA) is 319 Å². The van der Waals surface area contributed by atoms with Gasteiger partial charge in [-0.3, -0.25) is 37.0 Å². The van der Waals surface area contributed by atoms with E-state index in [9.17, 15) is 28.8 Å². The van der Waals surface area contributed by atoms with Crippen molar-refractivity contribution in [3.8, 4) is 0 Å². The van der Waals surface area contributed by atoms with Crippen LogP contribution in [0.1, 0.15) is 12.5 Å². The predicted octanol–water partition coefficient (Wildman–Crippen LogP) is -1.69. The Morgan fingerprint density at radius 2 is 1.54 bits per heavy atom. The van der Waals surface area contributed by atoms with E-state index in [2.05, 4.69) is 29.9 Å². The van der Waals surface area contributed by atoms with Gasteiger partial charge in [0.2, 0.25) is 5.95 Å². The summed E-state index contributed by atoms with van der Waals surface area (Å²) in [6.45, 7) is -1.47. The third-order valence-corrected chi connectivity index (χ3v) is 9.54. The maximum atomic E-state index is 13.4. The van der Waals surface area contributed by atoms with Crippen molar-refractivity contribution in [2.24, 2.45) is 0 Å². The van der Waals surface area contributed by atoms with Crippen LogP contribution in [0.4, 0.5) is 11.8 Å². The Balaban J connectivity index is 1.22. The van der Waals surface area contributed by atoms with E-state index in [1.165, 1.54) is 22.6 Å². The molecule has 4 aromatic rings. The Morgan fingerprint density at radius 3 is 2.26 bits per heavy atom. The van der Waals surface area contributed by atoms with Gasteiger partial charge in [-0.2, -0.15) is 4.98 Å². The molecular weight excluding hydrogens is 662 g/mol. The number of fused-ring (bicyclic) bond motifs is 5. The van der Waals surface area contributed by atoms with Crippen LogP contribution in [-0.4, -0.2) is 111 Å². The van der Waals surface area contributed by atoms with Gasteiger partial charge in [-0.1, -0.05) is 0 Å². The third kappa shape index (κ3) is 5.39. The molecule has 0 saturated carbocycles. The third-order valence-electron chi connectivity index (χ3n) is 7.57. The Hall–Kier alpha value is -3.44. The molecule has 10 atom stereocenters. The number of methoxy groups -OCH3 is 1. The zero-order valence-corrected chi connectivity index (χ0v) is 25.2. The van der Waals surface area contributed by atoms with Crippen molar-refractivity contribution in [1.29, 1.82) is 0 Å². The van der Waals surface area contributed by atoms with Crippen LogP contribution in [0.25, 0.3) is 22.3 Å². The SMILES string of the molecule is COC1C2COP(=O)(O)OC3C(COP(=O)(O)OC1C(n1cnc4c(=O)[nH]c(N)nc41)O2)OC(n1cnc2c(N)ncnc21)C3O. The number of phosphoric ester groups is 2. The van der Waals surface area contributed by atoms with Gasteiger partial charge in [-0.05, 0) is 0 Å². The minimum absolute atomic E-state index is 0.0456. The summed E-state index contributed by atoms with van der Waals surface area (Å²) in [6.07, 6.45) is -7.85. The lowest BCUT2D eigenvalue weighted by Crippen LogP contribution is -2.37. The molecule has 3 aliphatic rings. The number of nitrogens with two attached hydrogens (primary N) is 2. The van der Waals surface area contributed by atoms with Gasteiger partial charge in [0.25, 0.3) is 5.56 Å². The highest BCUT2D eigenvalue weighted by Crippen LogP contribution is 2.54. The minimum Gasteiger partial charge on any atom is -0.386 e. The second kappa shape index (κ2) is 11.4. The maximum absolute atomic E-state index is 13.4. The first-order valence-corrected chi connectivity index (χ1v) is 16.3. The fourth-order valence-electron chi connectivity index (χ4n) is 5.57. The van der Waals surface area contributed by atoms with E-state index in [4.69, 9.17) is 43.8 Å². The van der Waals surface area contributed by atoms with Crippen LogP contribution < -0.4 is 17.0 Å². The highest BCUT2D eigenvalue weighted by Gasteiger charge is 2.54. The molecular formula is C21H26N10O13P2. The predicted molar refractivity (Wildman–Crippen MR) is 148 cm³/mol. The molecule has 46 heavy (non-hydrogen) atoms. The minimum atomic E-state index is -5.05. The summed E-state index contributed by atoms with van der Waals surface area (Å²) < 4.78 is 67.7. The first kappa shape index (κ1) is 31.2. The summed E-state index contributed by atoms with van der Waals surface area (Å²) in [5, 5.41) is 11.2. The first-order chi connectivity index (χ1) is 21.9. The molecule has 3 aliphatic heterocycles. The lowest BCUT2D eigenvalue weighted by molar-refractivity contribution is -0.0673. The Labute approximate surface area is 255 Å². The zero-order chi connectivity index (χ0) is 32.5. The summed E-state index contributed by atoms with van der Waals surface area (Å²) in [4.78, 5) is 56.3. The van der Waals surface area contributed by atoms with E-state index < -0.39 is 83.5 Å². The van der Waals surface area contributed by atoms with Crippen molar-refractivity contribution in [3.05, 3.63) is 29.3 Å². The quantitative estimate of drug-likeness (QED) is 0.131. The molecule has 4 aromatic heterocycles. The molecule has 8 N–H and O–H groups in total. The molecule has 23 nitrogen and oxygen atoms in total. The molecule has 3 saturated heterocycles. The second-order valence-corrected chi connectivity index (χ2v) is 13.2. The molecule has 7 heterocycles. The molecule has 3 fully saturated rings. The highest BCUT2D eigenvalue weighted by molar-refractivity contribution is 7.47. The summed E-state index contributed by atoms with van der Waals surface area (Å²) >= 11 is 0. The number of aromatic nitrogens is 8. The van der Waals surface area contributed by atoms with Crippen molar-refractivity contribution >= 4 is 49.7 Å². The average molecular weight is 688 g/mol. The number of nitrogens with zero attached hydrogens (tertiary/aromatic N) is 7. The summed E-state index contributed by atoms with van der Waals surface area (Å²) in [5.74, 6) is -0.204. The van der Waals surface area contributed by atoms with E-state index in [0.29, 0.717) is 0 Å². The summed E-state index contributed by atoms with van der Waals surface area (Å²) in [5.41, 5.74) is 11.0. The number of anilines is 2. The van der Waals surface area contributed by atoms with Gasteiger partial charge in [0.05, 0.1) is 25.9 Å². The number of hydrogen-bond donors (Lipinski definition) is 6. The van der Waals surface area contributed by atoms with Crippen LogP contribution in [0, 0.1) is 0 Å². The highest BCUT2D eigenvalue weighted by atomic mass is 31.2. The Bertz CT molecular complexity index is 1950. The molecule has 25 heteroatoms. The van der Waals surface area contributed by atoms with Crippen molar-refractivity contribution in [2.45, 2.75) is 49.1 Å².